The highest BCUT2D eigenvalue weighted by Gasteiger charge is 2.40. The van der Waals surface area contributed by atoms with Gasteiger partial charge in [0.05, 0.1) is 0 Å². The van der Waals surface area contributed by atoms with Crippen LogP contribution in [0.2, 0.25) is 0 Å². The van der Waals surface area contributed by atoms with E-state index in [2.05, 4.69) is 6.92 Å². The fourth-order valence-corrected chi connectivity index (χ4v) is 3.25. The number of piperidine rings is 1. The highest BCUT2D eigenvalue weighted by molar-refractivity contribution is 5.73. The van der Waals surface area contributed by atoms with Gasteiger partial charge in [-0.15, -0.1) is 0 Å². The second-order valence-corrected chi connectivity index (χ2v) is 5.35. The molecule has 0 bridgehead atoms. The van der Waals surface area contributed by atoms with E-state index in [0.29, 0.717) is 5.41 Å². The molecule has 0 aromatic heterocycles. The topological polar surface area (TPSA) is 20.3 Å². The Balaban J connectivity index is 0.000000606. The molecule has 0 radical (unpaired) electrons. The molecule has 0 aromatic carbocycles. The molecule has 16 heavy (non-hydrogen) atoms. The first-order chi connectivity index (χ1) is 7.61. The minimum Gasteiger partial charge on any atom is -0.343 e. The zero-order valence-corrected chi connectivity index (χ0v) is 11.4. The summed E-state index contributed by atoms with van der Waals surface area (Å²) in [7, 11) is 0. The molecule has 1 aliphatic carbocycles. The van der Waals surface area contributed by atoms with Gasteiger partial charge in [0, 0.05) is 20.0 Å². The molecule has 1 amide bonds. The monoisotopic (exact) mass is 225 g/mol. The van der Waals surface area contributed by atoms with Gasteiger partial charge in [-0.25, -0.2) is 0 Å². The third-order valence-corrected chi connectivity index (χ3v) is 4.22. The fraction of sp³-hybridized carbons (Fsp3) is 0.929. The largest absolute Gasteiger partial charge is 0.343 e. The highest BCUT2D eigenvalue weighted by Crippen LogP contribution is 2.48. The number of nitrogens with zero attached hydrogens (tertiary/aromatic N) is 1. The Hall–Kier alpha value is -0.530. The van der Waals surface area contributed by atoms with Gasteiger partial charge < -0.3 is 4.90 Å². The van der Waals surface area contributed by atoms with Crippen molar-refractivity contribution in [2.24, 2.45) is 11.3 Å². The molecule has 1 atom stereocenters. The number of hydrogen-bond acceptors (Lipinski definition) is 1. The number of carbonyl (C=O) groups is 1. The Morgan fingerprint density at radius 1 is 1.19 bits per heavy atom. The molecule has 0 N–H and O–H groups in total. The van der Waals surface area contributed by atoms with Crippen molar-refractivity contribution in [3.05, 3.63) is 0 Å². The molecule has 2 aliphatic rings. The van der Waals surface area contributed by atoms with Crippen molar-refractivity contribution in [2.45, 2.75) is 59.8 Å². The molecule has 1 heterocycles. The lowest BCUT2D eigenvalue weighted by molar-refractivity contribution is -0.131. The Morgan fingerprint density at radius 2 is 1.75 bits per heavy atom. The minimum absolute atomic E-state index is 0.255. The standard InChI is InChI=1S/C12H21NO.C2H6/c1-10-3-4-12(9-10)5-7-13(8-6-12)11(2)14;1-2/h10H,3-9H2,1-2H3;1-2H3. The molecule has 1 spiro atoms. The van der Waals surface area contributed by atoms with Crippen LogP contribution in [0.25, 0.3) is 0 Å². The van der Waals surface area contributed by atoms with Gasteiger partial charge >= 0.3 is 0 Å². The van der Waals surface area contributed by atoms with E-state index in [4.69, 9.17) is 0 Å². The van der Waals surface area contributed by atoms with E-state index in [9.17, 15) is 4.79 Å². The van der Waals surface area contributed by atoms with Crippen LogP contribution in [0.3, 0.4) is 0 Å². The van der Waals surface area contributed by atoms with E-state index < -0.39 is 0 Å². The summed E-state index contributed by atoms with van der Waals surface area (Å²) in [4.78, 5) is 13.2. The Labute approximate surface area is 100 Å². The molecule has 94 valence electrons. The maximum absolute atomic E-state index is 11.2. The lowest BCUT2D eigenvalue weighted by Gasteiger charge is -2.39. The van der Waals surface area contributed by atoms with Gasteiger partial charge in [-0.1, -0.05) is 27.2 Å². The van der Waals surface area contributed by atoms with Crippen LogP contribution >= 0.6 is 0 Å². The molecule has 2 fully saturated rings. The van der Waals surface area contributed by atoms with E-state index in [1.807, 2.05) is 18.7 Å². The molecule has 0 aromatic rings. The van der Waals surface area contributed by atoms with Crippen molar-refractivity contribution < 1.29 is 4.79 Å². The Bertz CT molecular complexity index is 229. The summed E-state index contributed by atoms with van der Waals surface area (Å²) in [5.74, 6) is 1.17. The summed E-state index contributed by atoms with van der Waals surface area (Å²) in [6.45, 7) is 10.1. The van der Waals surface area contributed by atoms with Crippen LogP contribution in [0.4, 0.5) is 0 Å². The lowest BCUT2D eigenvalue weighted by Crippen LogP contribution is -2.41. The molecule has 1 saturated heterocycles. The Morgan fingerprint density at radius 3 is 2.12 bits per heavy atom. The lowest BCUT2D eigenvalue weighted by atomic mass is 9.76. The van der Waals surface area contributed by atoms with Crippen LogP contribution in [-0.4, -0.2) is 23.9 Å². The Kier molecular flexibility index (Phi) is 4.82. The molecule has 1 aliphatic heterocycles. The molecule has 2 nitrogen and oxygen atoms in total. The van der Waals surface area contributed by atoms with Crippen molar-refractivity contribution in [3.8, 4) is 0 Å². The first-order valence-electron chi connectivity index (χ1n) is 6.87. The predicted molar refractivity (Wildman–Crippen MR) is 68.3 cm³/mol. The maximum atomic E-state index is 11.2. The van der Waals surface area contributed by atoms with Gasteiger partial charge in [0.2, 0.25) is 5.91 Å². The SMILES string of the molecule is CC.CC(=O)N1CCC2(CCC(C)C2)CC1. The smallest absolute Gasteiger partial charge is 0.219 e. The van der Waals surface area contributed by atoms with Gasteiger partial charge in [-0.3, -0.25) is 4.79 Å². The maximum Gasteiger partial charge on any atom is 0.219 e. The fourth-order valence-electron chi connectivity index (χ4n) is 3.25. The molecule has 2 heteroatoms. The second kappa shape index (κ2) is 5.70. The van der Waals surface area contributed by atoms with Crippen molar-refractivity contribution in [1.82, 2.24) is 4.90 Å². The molecular formula is C14H27NO. The number of hydrogen-bond donors (Lipinski definition) is 0. The number of rotatable bonds is 0. The quantitative estimate of drug-likeness (QED) is 0.618. The molecule has 1 unspecified atom stereocenters. The van der Waals surface area contributed by atoms with E-state index in [-0.39, 0.29) is 5.91 Å². The molecule has 1 saturated carbocycles. The third kappa shape index (κ3) is 2.99. The van der Waals surface area contributed by atoms with Crippen molar-refractivity contribution >= 4 is 5.91 Å². The van der Waals surface area contributed by atoms with Gasteiger partial charge in [0.15, 0.2) is 0 Å². The second-order valence-electron chi connectivity index (χ2n) is 5.35. The molecular weight excluding hydrogens is 198 g/mol. The minimum atomic E-state index is 0.255. The summed E-state index contributed by atoms with van der Waals surface area (Å²) in [6.07, 6.45) is 6.70. The van der Waals surface area contributed by atoms with Crippen LogP contribution in [0.1, 0.15) is 59.8 Å². The van der Waals surface area contributed by atoms with Gasteiger partial charge in [0.1, 0.15) is 0 Å². The van der Waals surface area contributed by atoms with Gasteiger partial charge in [-0.2, -0.15) is 0 Å². The van der Waals surface area contributed by atoms with E-state index in [0.717, 1.165) is 19.0 Å². The normalized spacial score (nSPS) is 27.5. The summed E-state index contributed by atoms with van der Waals surface area (Å²) in [6, 6.07) is 0. The average Bonchev–Trinajstić information content (AvgIpc) is 2.64. The third-order valence-electron chi connectivity index (χ3n) is 4.22. The van der Waals surface area contributed by atoms with E-state index in [1.165, 1.54) is 32.1 Å². The van der Waals surface area contributed by atoms with Crippen molar-refractivity contribution in [1.29, 1.82) is 0 Å². The van der Waals surface area contributed by atoms with Crippen LogP contribution in [-0.2, 0) is 4.79 Å². The number of amides is 1. The van der Waals surface area contributed by atoms with Crippen molar-refractivity contribution in [3.63, 3.8) is 0 Å². The van der Waals surface area contributed by atoms with Gasteiger partial charge in [0.25, 0.3) is 0 Å². The van der Waals surface area contributed by atoms with E-state index >= 15 is 0 Å². The van der Waals surface area contributed by atoms with Crippen molar-refractivity contribution in [2.75, 3.05) is 13.1 Å². The summed E-state index contributed by atoms with van der Waals surface area (Å²) < 4.78 is 0. The summed E-state index contributed by atoms with van der Waals surface area (Å²) >= 11 is 0. The predicted octanol–water partition coefficient (Wildman–Crippen LogP) is 3.46. The zero-order chi connectivity index (χ0) is 12.2. The zero-order valence-electron chi connectivity index (χ0n) is 11.4. The number of likely N-dealkylation sites (tertiary alicyclic amines) is 1. The summed E-state index contributed by atoms with van der Waals surface area (Å²) in [5.41, 5.74) is 0.616. The average molecular weight is 225 g/mol. The van der Waals surface area contributed by atoms with Gasteiger partial charge in [-0.05, 0) is 37.0 Å². The summed E-state index contributed by atoms with van der Waals surface area (Å²) in [5, 5.41) is 0. The number of carbonyl (C=O) groups excluding carboxylic acids is 1. The van der Waals surface area contributed by atoms with E-state index in [1.54, 1.807) is 6.92 Å². The van der Waals surface area contributed by atoms with Crippen LogP contribution in [0, 0.1) is 11.3 Å². The highest BCUT2D eigenvalue weighted by atomic mass is 16.2. The van der Waals surface area contributed by atoms with Crippen LogP contribution in [0.15, 0.2) is 0 Å². The first kappa shape index (κ1) is 13.5. The molecule has 2 rings (SSSR count). The van der Waals surface area contributed by atoms with Crippen LogP contribution < -0.4 is 0 Å². The van der Waals surface area contributed by atoms with Crippen LogP contribution in [0.5, 0.6) is 0 Å². The first-order valence-corrected chi connectivity index (χ1v) is 6.87.